The highest BCUT2D eigenvalue weighted by atomic mass is 32.1. The second kappa shape index (κ2) is 6.76. The Hall–Kier alpha value is -1.82. The first kappa shape index (κ1) is 15.6. The van der Waals surface area contributed by atoms with Crippen LogP contribution in [0.4, 0.5) is 0 Å². The number of thiocarbonyl (C=S) groups is 1. The summed E-state index contributed by atoms with van der Waals surface area (Å²) in [5, 5.41) is 0. The second-order valence-corrected chi connectivity index (χ2v) is 5.51. The molecule has 1 amide bonds. The standard InChI is InChI=1S/C15H20N2O3S/c1-19-12-5-3-4-11(14(12)20-2)15(18)17(10-6-7-10)9-8-13(16)21/h3-5,10H,6-9H2,1-2H3,(H2,16,21). The Morgan fingerprint density at radius 2 is 2.10 bits per heavy atom. The number of ether oxygens (including phenoxy) is 2. The SMILES string of the molecule is COc1cccc(C(=O)N(CCC(N)=S)C2CC2)c1OC. The van der Waals surface area contributed by atoms with E-state index in [9.17, 15) is 4.79 Å². The largest absolute Gasteiger partial charge is 0.493 e. The van der Waals surface area contributed by atoms with Gasteiger partial charge < -0.3 is 20.1 Å². The lowest BCUT2D eigenvalue weighted by molar-refractivity contribution is 0.0744. The number of carbonyl (C=O) groups excluding carboxylic acids is 1. The molecule has 6 heteroatoms. The molecule has 2 N–H and O–H groups in total. The van der Waals surface area contributed by atoms with E-state index < -0.39 is 0 Å². The van der Waals surface area contributed by atoms with Crippen LogP contribution >= 0.6 is 12.2 Å². The molecule has 1 fully saturated rings. The second-order valence-electron chi connectivity index (χ2n) is 4.99. The fraction of sp³-hybridized carbons (Fsp3) is 0.467. The first-order valence-electron chi connectivity index (χ1n) is 6.88. The molecule has 114 valence electrons. The number of amides is 1. The summed E-state index contributed by atoms with van der Waals surface area (Å²) in [5.74, 6) is 0.948. The molecule has 0 radical (unpaired) electrons. The molecule has 0 aromatic heterocycles. The molecular weight excluding hydrogens is 288 g/mol. The minimum Gasteiger partial charge on any atom is -0.493 e. The number of rotatable bonds is 7. The van der Waals surface area contributed by atoms with Crippen molar-refractivity contribution >= 4 is 23.1 Å². The van der Waals surface area contributed by atoms with E-state index in [0.29, 0.717) is 35.0 Å². The smallest absolute Gasteiger partial charge is 0.258 e. The number of hydrogen-bond donors (Lipinski definition) is 1. The third kappa shape index (κ3) is 3.64. The number of methoxy groups -OCH3 is 2. The Kier molecular flexibility index (Phi) is 5.01. The van der Waals surface area contributed by atoms with Crippen LogP contribution in [-0.4, -0.2) is 42.6 Å². The fourth-order valence-corrected chi connectivity index (χ4v) is 2.37. The molecule has 5 nitrogen and oxygen atoms in total. The van der Waals surface area contributed by atoms with Gasteiger partial charge in [0.05, 0.1) is 24.8 Å². The topological polar surface area (TPSA) is 64.8 Å². The quantitative estimate of drug-likeness (QED) is 0.780. The van der Waals surface area contributed by atoms with Gasteiger partial charge in [-0.15, -0.1) is 0 Å². The first-order valence-corrected chi connectivity index (χ1v) is 7.29. The van der Waals surface area contributed by atoms with Crippen LogP contribution in [0.3, 0.4) is 0 Å². The van der Waals surface area contributed by atoms with Crippen LogP contribution in [0.25, 0.3) is 0 Å². The monoisotopic (exact) mass is 308 g/mol. The van der Waals surface area contributed by atoms with Gasteiger partial charge in [-0.05, 0) is 25.0 Å². The van der Waals surface area contributed by atoms with E-state index in [-0.39, 0.29) is 11.9 Å². The van der Waals surface area contributed by atoms with Crippen LogP contribution in [0.2, 0.25) is 0 Å². The van der Waals surface area contributed by atoms with Gasteiger partial charge in [0, 0.05) is 19.0 Å². The molecule has 0 spiro atoms. The zero-order valence-corrected chi connectivity index (χ0v) is 13.1. The van der Waals surface area contributed by atoms with Crippen molar-refractivity contribution in [3.63, 3.8) is 0 Å². The van der Waals surface area contributed by atoms with Gasteiger partial charge in [-0.2, -0.15) is 0 Å². The molecule has 0 saturated heterocycles. The summed E-state index contributed by atoms with van der Waals surface area (Å²) >= 11 is 4.91. The van der Waals surface area contributed by atoms with E-state index in [1.807, 2.05) is 4.90 Å². The van der Waals surface area contributed by atoms with Crippen molar-refractivity contribution in [2.45, 2.75) is 25.3 Å². The molecule has 0 unspecified atom stereocenters. The maximum Gasteiger partial charge on any atom is 0.258 e. The van der Waals surface area contributed by atoms with Gasteiger partial charge in [-0.25, -0.2) is 0 Å². The molecule has 2 rings (SSSR count). The molecular formula is C15H20N2O3S. The van der Waals surface area contributed by atoms with Crippen LogP contribution < -0.4 is 15.2 Å². The highest BCUT2D eigenvalue weighted by Crippen LogP contribution is 2.34. The molecule has 0 heterocycles. The highest BCUT2D eigenvalue weighted by molar-refractivity contribution is 7.80. The van der Waals surface area contributed by atoms with E-state index in [4.69, 9.17) is 27.4 Å². The average Bonchev–Trinajstić information content (AvgIpc) is 3.30. The number of nitrogens with two attached hydrogens (primary N) is 1. The van der Waals surface area contributed by atoms with Crippen molar-refractivity contribution in [1.82, 2.24) is 4.90 Å². The summed E-state index contributed by atoms with van der Waals surface area (Å²) in [7, 11) is 3.09. The summed E-state index contributed by atoms with van der Waals surface area (Å²) in [5.41, 5.74) is 6.06. The lowest BCUT2D eigenvalue weighted by Gasteiger charge is -2.23. The zero-order chi connectivity index (χ0) is 15.4. The van der Waals surface area contributed by atoms with Gasteiger partial charge >= 0.3 is 0 Å². The van der Waals surface area contributed by atoms with Crippen molar-refractivity contribution in [3.8, 4) is 11.5 Å². The van der Waals surface area contributed by atoms with Crippen LogP contribution in [0.5, 0.6) is 11.5 Å². The van der Waals surface area contributed by atoms with Gasteiger partial charge in [0.1, 0.15) is 0 Å². The Labute approximate surface area is 130 Å². The van der Waals surface area contributed by atoms with Gasteiger partial charge in [-0.1, -0.05) is 18.3 Å². The third-order valence-electron chi connectivity index (χ3n) is 3.48. The van der Waals surface area contributed by atoms with E-state index >= 15 is 0 Å². The molecule has 1 aliphatic carbocycles. The van der Waals surface area contributed by atoms with E-state index in [2.05, 4.69) is 0 Å². The third-order valence-corrected chi connectivity index (χ3v) is 3.69. The molecule has 0 bridgehead atoms. The summed E-state index contributed by atoms with van der Waals surface area (Å²) in [6.45, 7) is 0.541. The molecule has 0 aliphatic heterocycles. The maximum absolute atomic E-state index is 12.8. The highest BCUT2D eigenvalue weighted by Gasteiger charge is 2.34. The van der Waals surface area contributed by atoms with Crippen LogP contribution in [-0.2, 0) is 0 Å². The predicted octanol–water partition coefficient (Wildman–Crippen LogP) is 1.98. The van der Waals surface area contributed by atoms with Gasteiger partial charge in [0.15, 0.2) is 11.5 Å². The van der Waals surface area contributed by atoms with Crippen LogP contribution in [0.15, 0.2) is 18.2 Å². The first-order chi connectivity index (χ1) is 10.1. The number of nitrogens with zero attached hydrogens (tertiary/aromatic N) is 1. The Balaban J connectivity index is 2.26. The summed E-state index contributed by atoms with van der Waals surface area (Å²) in [6.07, 6.45) is 2.58. The Morgan fingerprint density at radius 1 is 1.38 bits per heavy atom. The molecule has 21 heavy (non-hydrogen) atoms. The lowest BCUT2D eigenvalue weighted by Crippen LogP contribution is -2.35. The fourth-order valence-electron chi connectivity index (χ4n) is 2.28. The zero-order valence-electron chi connectivity index (χ0n) is 12.3. The van der Waals surface area contributed by atoms with Crippen molar-refractivity contribution < 1.29 is 14.3 Å². The summed E-state index contributed by atoms with van der Waals surface area (Å²) < 4.78 is 10.6. The molecule has 1 aromatic carbocycles. The average molecular weight is 308 g/mol. The van der Waals surface area contributed by atoms with Crippen LogP contribution in [0, 0.1) is 0 Å². The number of para-hydroxylation sites is 1. The summed E-state index contributed by atoms with van der Waals surface area (Å²) in [4.78, 5) is 15.0. The van der Waals surface area contributed by atoms with Crippen LogP contribution in [0.1, 0.15) is 29.6 Å². The molecule has 1 aromatic rings. The van der Waals surface area contributed by atoms with Crippen molar-refractivity contribution in [2.75, 3.05) is 20.8 Å². The molecule has 1 saturated carbocycles. The van der Waals surface area contributed by atoms with E-state index in [0.717, 1.165) is 12.8 Å². The number of hydrogen-bond acceptors (Lipinski definition) is 4. The summed E-state index contributed by atoms with van der Waals surface area (Å²) in [6, 6.07) is 5.59. The number of carbonyl (C=O) groups is 1. The van der Waals surface area contributed by atoms with Crippen molar-refractivity contribution in [1.29, 1.82) is 0 Å². The minimum absolute atomic E-state index is 0.0653. The number of benzene rings is 1. The van der Waals surface area contributed by atoms with E-state index in [1.54, 1.807) is 25.3 Å². The Bertz CT molecular complexity index is 544. The van der Waals surface area contributed by atoms with E-state index in [1.165, 1.54) is 7.11 Å². The lowest BCUT2D eigenvalue weighted by atomic mass is 10.1. The normalized spacial score (nSPS) is 13.6. The maximum atomic E-state index is 12.8. The van der Waals surface area contributed by atoms with Crippen molar-refractivity contribution in [2.24, 2.45) is 5.73 Å². The minimum atomic E-state index is -0.0653. The Morgan fingerprint density at radius 3 is 2.62 bits per heavy atom. The van der Waals surface area contributed by atoms with Gasteiger partial charge in [-0.3, -0.25) is 4.79 Å². The molecule has 0 atom stereocenters. The van der Waals surface area contributed by atoms with Gasteiger partial charge in [0.2, 0.25) is 0 Å². The van der Waals surface area contributed by atoms with Gasteiger partial charge in [0.25, 0.3) is 5.91 Å². The molecule has 1 aliphatic rings. The van der Waals surface area contributed by atoms with Crippen molar-refractivity contribution in [3.05, 3.63) is 23.8 Å². The predicted molar refractivity (Wildman–Crippen MR) is 85.0 cm³/mol.